The van der Waals surface area contributed by atoms with E-state index in [0.29, 0.717) is 13.2 Å². The van der Waals surface area contributed by atoms with Gasteiger partial charge in [0.15, 0.2) is 0 Å². The first kappa shape index (κ1) is 41.0. The van der Waals surface area contributed by atoms with Crippen molar-refractivity contribution >= 4 is 23.7 Å². The molecule has 2 aromatic carbocycles. The molecule has 1 atom stereocenters. The van der Waals surface area contributed by atoms with Crippen LogP contribution in [0, 0.1) is 5.92 Å². The maximum absolute atomic E-state index is 10.6. The molecule has 1 amide bonds. The van der Waals surface area contributed by atoms with Gasteiger partial charge in [0.1, 0.15) is 5.75 Å². The van der Waals surface area contributed by atoms with Crippen LogP contribution >= 0.6 is 11.9 Å². The normalized spacial score (nSPS) is 13.2. The number of nitrogens with one attached hydrogen (secondary N) is 2. The molecule has 0 spiro atoms. The number of ether oxygens (including phenoxy) is 2. The lowest BCUT2D eigenvalue weighted by atomic mass is 10.2. The van der Waals surface area contributed by atoms with Gasteiger partial charge in [-0.2, -0.15) is 0 Å². The van der Waals surface area contributed by atoms with Crippen LogP contribution in [0.4, 0.5) is 10.5 Å². The SMILES string of the molecule is C=CCCCCN(CCCNC(=O)O)Sc1cccc(OCCCC=C)c1.CC1CCOC1.CCO.CNc1ccccc1. The smallest absolute Gasteiger partial charge is 0.404 e. The largest absolute Gasteiger partial charge is 0.494 e. The number of carbonyl (C=O) groups is 1. The average Bonchev–Trinajstić information content (AvgIpc) is 3.52. The summed E-state index contributed by atoms with van der Waals surface area (Å²) in [6.45, 7) is 16.5. The van der Waals surface area contributed by atoms with Gasteiger partial charge in [-0.3, -0.25) is 0 Å². The third kappa shape index (κ3) is 25.5. The number of amides is 1. The molecule has 1 aliphatic rings. The number of hydrogen-bond donors (Lipinski definition) is 4. The summed E-state index contributed by atoms with van der Waals surface area (Å²) >= 11 is 1.70. The Hall–Kier alpha value is -2.98. The van der Waals surface area contributed by atoms with E-state index in [1.54, 1.807) is 18.9 Å². The Bertz CT molecular complexity index is 958. The van der Waals surface area contributed by atoms with E-state index in [2.05, 4.69) is 47.2 Å². The highest BCUT2D eigenvalue weighted by molar-refractivity contribution is 7.97. The molecule has 0 aromatic heterocycles. The van der Waals surface area contributed by atoms with E-state index in [9.17, 15) is 4.79 Å². The third-order valence-corrected chi connectivity index (χ3v) is 7.10. The molecule has 1 unspecified atom stereocenters. The van der Waals surface area contributed by atoms with Gasteiger partial charge >= 0.3 is 6.09 Å². The van der Waals surface area contributed by atoms with Gasteiger partial charge in [-0.25, -0.2) is 9.10 Å². The van der Waals surface area contributed by atoms with Crippen molar-refractivity contribution in [3.05, 3.63) is 79.9 Å². The Kier molecular flexibility index (Phi) is 28.0. The van der Waals surface area contributed by atoms with Crippen molar-refractivity contribution < 1.29 is 24.5 Å². The maximum Gasteiger partial charge on any atom is 0.404 e. The summed E-state index contributed by atoms with van der Waals surface area (Å²) in [6.07, 6.45) is 10.1. The molecule has 0 aliphatic carbocycles. The minimum Gasteiger partial charge on any atom is -0.494 e. The van der Waals surface area contributed by atoms with Crippen molar-refractivity contribution in [1.82, 2.24) is 9.62 Å². The fourth-order valence-corrected chi connectivity index (χ4v) is 4.72. The van der Waals surface area contributed by atoms with Crippen molar-refractivity contribution in [1.29, 1.82) is 0 Å². The van der Waals surface area contributed by atoms with Crippen LogP contribution in [0.25, 0.3) is 0 Å². The minimum absolute atomic E-state index is 0.250. The van der Waals surface area contributed by atoms with E-state index in [0.717, 1.165) is 87.1 Å². The predicted octanol–water partition coefficient (Wildman–Crippen LogP) is 8.12. The number of hydrogen-bond acceptors (Lipinski definition) is 7. The summed E-state index contributed by atoms with van der Waals surface area (Å²) < 4.78 is 13.2. The van der Waals surface area contributed by atoms with Gasteiger partial charge in [0.25, 0.3) is 0 Å². The molecule has 44 heavy (non-hydrogen) atoms. The molecular weight excluding hydrogens is 574 g/mol. The van der Waals surface area contributed by atoms with E-state index in [4.69, 9.17) is 19.7 Å². The Labute approximate surface area is 271 Å². The van der Waals surface area contributed by atoms with Crippen LogP contribution in [0.15, 0.2) is 84.8 Å². The molecule has 0 bridgehead atoms. The Morgan fingerprint density at radius 2 is 1.75 bits per heavy atom. The highest BCUT2D eigenvalue weighted by Gasteiger charge is 2.09. The number of aliphatic hydroxyl groups is 1. The lowest BCUT2D eigenvalue weighted by molar-refractivity contribution is 0.188. The summed E-state index contributed by atoms with van der Waals surface area (Å²) in [5.41, 5.74) is 1.16. The molecule has 1 saturated heterocycles. The van der Waals surface area contributed by atoms with Gasteiger partial charge in [0.05, 0.1) is 6.61 Å². The first-order valence-electron chi connectivity index (χ1n) is 15.7. The van der Waals surface area contributed by atoms with E-state index < -0.39 is 6.09 Å². The molecule has 2 aromatic rings. The van der Waals surface area contributed by atoms with Crippen LogP contribution in [0.3, 0.4) is 0 Å². The molecular formula is C35H57N3O5S. The third-order valence-electron chi connectivity index (χ3n) is 6.01. The number of aliphatic hydroxyl groups excluding tert-OH is 1. The van der Waals surface area contributed by atoms with Crippen LogP contribution in [0.2, 0.25) is 0 Å². The summed E-state index contributed by atoms with van der Waals surface area (Å²) in [5.74, 6) is 1.70. The molecule has 1 fully saturated rings. The molecule has 0 saturated carbocycles. The maximum atomic E-state index is 10.6. The van der Waals surface area contributed by atoms with Gasteiger partial charge < -0.3 is 30.3 Å². The lowest BCUT2D eigenvalue weighted by Gasteiger charge is -2.21. The topological polar surface area (TPSA) is 103 Å². The van der Waals surface area contributed by atoms with Crippen LogP contribution in [0.1, 0.15) is 58.8 Å². The van der Waals surface area contributed by atoms with Crippen molar-refractivity contribution in [3.8, 4) is 5.75 Å². The number of benzene rings is 2. The number of para-hydroxylation sites is 1. The quantitative estimate of drug-likeness (QED) is 0.0789. The summed E-state index contributed by atoms with van der Waals surface area (Å²) in [4.78, 5) is 11.7. The van der Waals surface area contributed by atoms with Crippen LogP contribution in [-0.2, 0) is 4.74 Å². The Balaban J connectivity index is 0.000000867. The molecule has 4 N–H and O–H groups in total. The fraction of sp³-hybridized carbons (Fsp3) is 0.514. The number of rotatable bonds is 17. The molecule has 8 nitrogen and oxygen atoms in total. The minimum atomic E-state index is -0.971. The van der Waals surface area contributed by atoms with Crippen LogP contribution < -0.4 is 15.4 Å². The van der Waals surface area contributed by atoms with E-state index in [1.807, 2.05) is 61.7 Å². The van der Waals surface area contributed by atoms with Gasteiger partial charge in [0, 0.05) is 57.1 Å². The van der Waals surface area contributed by atoms with E-state index in [1.165, 1.54) is 6.42 Å². The van der Waals surface area contributed by atoms with Crippen LogP contribution in [-0.4, -0.2) is 73.7 Å². The zero-order valence-corrected chi connectivity index (χ0v) is 28.0. The summed E-state index contributed by atoms with van der Waals surface area (Å²) in [6, 6.07) is 18.2. The van der Waals surface area contributed by atoms with Crippen molar-refractivity contribution in [3.63, 3.8) is 0 Å². The first-order chi connectivity index (χ1) is 21.4. The van der Waals surface area contributed by atoms with E-state index in [-0.39, 0.29) is 6.61 Å². The zero-order chi connectivity index (χ0) is 32.7. The van der Waals surface area contributed by atoms with Gasteiger partial charge in [-0.05, 0) is 100 Å². The first-order valence-corrected chi connectivity index (χ1v) is 16.4. The molecule has 1 aliphatic heterocycles. The number of allylic oxidation sites excluding steroid dienone is 2. The van der Waals surface area contributed by atoms with Crippen molar-refractivity contribution in [2.45, 2.75) is 63.7 Å². The van der Waals surface area contributed by atoms with Crippen LogP contribution in [0.5, 0.6) is 5.75 Å². The van der Waals surface area contributed by atoms with E-state index >= 15 is 0 Å². The highest BCUT2D eigenvalue weighted by atomic mass is 32.2. The second-order valence-corrected chi connectivity index (χ2v) is 11.2. The van der Waals surface area contributed by atoms with Crippen molar-refractivity contribution in [2.24, 2.45) is 5.92 Å². The molecule has 3 rings (SSSR count). The monoisotopic (exact) mass is 631 g/mol. The van der Waals surface area contributed by atoms with Crippen molar-refractivity contribution in [2.75, 3.05) is 58.4 Å². The molecule has 0 radical (unpaired) electrons. The van der Waals surface area contributed by atoms with Gasteiger partial charge in [-0.15, -0.1) is 13.2 Å². The fourth-order valence-electron chi connectivity index (χ4n) is 3.68. The van der Waals surface area contributed by atoms with Gasteiger partial charge in [0.2, 0.25) is 0 Å². The highest BCUT2D eigenvalue weighted by Crippen LogP contribution is 2.27. The number of carboxylic acid groups (broad SMARTS) is 1. The summed E-state index contributed by atoms with van der Waals surface area (Å²) in [7, 11) is 1.91. The Morgan fingerprint density at radius 3 is 2.30 bits per heavy atom. The number of nitrogens with zero attached hydrogens (tertiary/aromatic N) is 1. The molecule has 9 heteroatoms. The number of unbranched alkanes of at least 4 members (excludes halogenated alkanes) is 3. The average molecular weight is 632 g/mol. The number of anilines is 1. The standard InChI is InChI=1S/C21H32N2O3S.C7H9N.C5H10O.C2H6O/c1-3-5-7-8-15-23(16-11-14-22-21(24)25)27-20-13-10-12-19(18-20)26-17-9-6-4-2;1-8-7-5-3-2-4-6-7;1-5-2-3-6-4-5;1-2-3/h3-4,10,12-13,18,22H,1-2,5-9,11,14-17H2,(H,24,25);2-6,8H,1H3;5H,2-4H2,1H3;3H,2H2,1H3. The second-order valence-electron chi connectivity index (χ2n) is 10.0. The molecule has 1 heterocycles. The Morgan fingerprint density at radius 1 is 1.07 bits per heavy atom. The zero-order valence-electron chi connectivity index (χ0n) is 27.2. The van der Waals surface area contributed by atoms with Gasteiger partial charge in [-0.1, -0.05) is 43.3 Å². The molecule has 248 valence electrons. The predicted molar refractivity (Wildman–Crippen MR) is 187 cm³/mol. The second kappa shape index (κ2) is 30.1. The summed E-state index contributed by atoms with van der Waals surface area (Å²) in [5, 5.41) is 21.7. The lowest BCUT2D eigenvalue weighted by Crippen LogP contribution is -2.26.